The number of hydrogen-bond acceptors (Lipinski definition) is 6. The van der Waals surface area contributed by atoms with Crippen LogP contribution in [0.15, 0.2) is 0 Å². The Morgan fingerprint density at radius 2 is 1.58 bits per heavy atom. The SMILES string of the molecule is O=[13C]([13CH](O)[13CH2]O)[13C@H](O)[13C@H](O)[13CH2]O. The Morgan fingerprint density at radius 1 is 1.08 bits per heavy atom. The van der Waals surface area contributed by atoms with Gasteiger partial charge in [-0.05, 0) is 0 Å². The van der Waals surface area contributed by atoms with E-state index >= 15 is 0 Å². The van der Waals surface area contributed by atoms with Crippen molar-refractivity contribution in [1.82, 2.24) is 0 Å². The number of aliphatic hydroxyl groups is 5. The van der Waals surface area contributed by atoms with Crippen molar-refractivity contribution < 1.29 is 30.3 Å². The molecular weight excluding hydrogens is 174 g/mol. The van der Waals surface area contributed by atoms with E-state index in [1.807, 2.05) is 0 Å². The van der Waals surface area contributed by atoms with E-state index in [4.69, 9.17) is 25.5 Å². The molecule has 0 saturated carbocycles. The van der Waals surface area contributed by atoms with E-state index in [1.165, 1.54) is 0 Å². The van der Waals surface area contributed by atoms with Gasteiger partial charge in [-0.3, -0.25) is 4.79 Å². The molecule has 0 aromatic carbocycles. The van der Waals surface area contributed by atoms with Crippen molar-refractivity contribution in [2.24, 2.45) is 0 Å². The Balaban J connectivity index is 4.09. The molecule has 0 bridgehead atoms. The summed E-state index contributed by atoms with van der Waals surface area (Å²) in [6, 6.07) is 0. The van der Waals surface area contributed by atoms with Gasteiger partial charge in [0.1, 0.15) is 18.3 Å². The first-order valence-electron chi connectivity index (χ1n) is 3.34. The lowest BCUT2D eigenvalue weighted by atomic mass is 11.0. The summed E-state index contributed by atoms with van der Waals surface area (Å²) in [7, 11) is 0. The fraction of sp³-hybridized carbons (Fsp3) is 0.833. The van der Waals surface area contributed by atoms with E-state index in [9.17, 15) is 4.79 Å². The molecule has 0 aliphatic rings. The molecule has 0 spiro atoms. The maximum atomic E-state index is 10.7. The Morgan fingerprint density at radius 3 is 1.92 bits per heavy atom. The standard InChI is InChI=1S/C6H12O6/c7-1-3(9)5(11)6(12)4(10)2-8/h3-5,7-11H,1-2H2/t3-,4?,5-/m1/s1/i1+1,2+1,3+1,4+1,5+1,6+1. The normalized spacial score (nSPS) is 18.4. The van der Waals surface area contributed by atoms with Crippen LogP contribution in [0.2, 0.25) is 0 Å². The van der Waals surface area contributed by atoms with Crippen LogP contribution in [0.1, 0.15) is 0 Å². The van der Waals surface area contributed by atoms with Crippen molar-refractivity contribution in [2.45, 2.75) is 18.3 Å². The van der Waals surface area contributed by atoms with Crippen molar-refractivity contribution in [2.75, 3.05) is 13.2 Å². The minimum Gasteiger partial charge on any atom is -0.394 e. The Bertz CT molecular complexity index is 147. The highest BCUT2D eigenvalue weighted by Crippen LogP contribution is 1.98. The van der Waals surface area contributed by atoms with E-state index in [2.05, 4.69) is 0 Å². The Labute approximate surface area is 68.7 Å². The molecule has 0 fully saturated rings. The number of Topliss-reactive ketones (excluding diaryl/α,β-unsaturated/α-hetero) is 1. The van der Waals surface area contributed by atoms with Gasteiger partial charge in [-0.2, -0.15) is 0 Å². The van der Waals surface area contributed by atoms with Crippen molar-refractivity contribution in [3.8, 4) is 0 Å². The molecule has 72 valence electrons. The number of hydrogen-bond donors (Lipinski definition) is 5. The predicted octanol–water partition coefficient (Wildman–Crippen LogP) is -3.38. The molecule has 3 atom stereocenters. The molecule has 12 heavy (non-hydrogen) atoms. The van der Waals surface area contributed by atoms with Crippen LogP contribution < -0.4 is 0 Å². The summed E-state index contributed by atoms with van der Waals surface area (Å²) >= 11 is 0. The van der Waals surface area contributed by atoms with Gasteiger partial charge >= 0.3 is 0 Å². The molecule has 0 aromatic rings. The average Bonchev–Trinajstić information content (AvgIpc) is 2.12. The van der Waals surface area contributed by atoms with Crippen LogP contribution in [0.25, 0.3) is 0 Å². The minimum atomic E-state index is -1.86. The molecule has 0 aliphatic carbocycles. The summed E-state index contributed by atoms with van der Waals surface area (Å²) < 4.78 is 0. The highest BCUT2D eigenvalue weighted by Gasteiger charge is 2.28. The Hall–Kier alpha value is -0.530. The number of ketones is 1. The highest BCUT2D eigenvalue weighted by atomic mass is 16.5. The van der Waals surface area contributed by atoms with Crippen molar-refractivity contribution in [3.63, 3.8) is 0 Å². The zero-order chi connectivity index (χ0) is 9.72. The number of carbonyl (C=O) groups is 1. The van der Waals surface area contributed by atoms with Gasteiger partial charge in [0.15, 0.2) is 5.78 Å². The zero-order valence-electron chi connectivity index (χ0n) is 6.29. The molecular formula is C6H12O6. The van der Waals surface area contributed by atoms with Crippen LogP contribution in [0.3, 0.4) is 0 Å². The first-order chi connectivity index (χ1) is 5.54. The molecule has 6 nitrogen and oxygen atoms in total. The molecule has 0 rings (SSSR count). The molecule has 1 unspecified atom stereocenters. The van der Waals surface area contributed by atoms with Gasteiger partial charge in [0.05, 0.1) is 13.2 Å². The van der Waals surface area contributed by atoms with E-state index in [-0.39, 0.29) is 0 Å². The Kier molecular flexibility index (Phi) is 4.95. The van der Waals surface area contributed by atoms with Crippen LogP contribution in [0, 0.1) is 0 Å². The van der Waals surface area contributed by atoms with E-state index < -0.39 is 37.3 Å². The maximum Gasteiger partial charge on any atom is 0.194 e. The topological polar surface area (TPSA) is 118 Å². The fourth-order valence-corrected chi connectivity index (χ4v) is 0.577. The predicted molar refractivity (Wildman–Crippen MR) is 37.2 cm³/mol. The summed E-state index contributed by atoms with van der Waals surface area (Å²) in [5.74, 6) is -1.11. The molecule has 0 radical (unpaired) electrons. The van der Waals surface area contributed by atoms with Gasteiger partial charge < -0.3 is 25.5 Å². The second-order valence-electron chi connectivity index (χ2n) is 2.30. The lowest BCUT2D eigenvalue weighted by Gasteiger charge is -2.16. The van der Waals surface area contributed by atoms with Crippen LogP contribution in [-0.2, 0) is 4.79 Å². The van der Waals surface area contributed by atoms with Crippen molar-refractivity contribution in [1.29, 1.82) is 0 Å². The van der Waals surface area contributed by atoms with Gasteiger partial charge in [-0.1, -0.05) is 0 Å². The molecule has 0 aliphatic heterocycles. The molecule has 0 saturated heterocycles. The van der Waals surface area contributed by atoms with Gasteiger partial charge in [0.2, 0.25) is 0 Å². The first-order valence-corrected chi connectivity index (χ1v) is 3.34. The molecule has 0 heterocycles. The van der Waals surface area contributed by atoms with Gasteiger partial charge in [-0.15, -0.1) is 0 Å². The summed E-state index contributed by atoms with van der Waals surface area (Å²) in [5, 5.41) is 42.9. The first kappa shape index (κ1) is 11.5. The van der Waals surface area contributed by atoms with Gasteiger partial charge in [0, 0.05) is 0 Å². The van der Waals surface area contributed by atoms with E-state index in [0.29, 0.717) is 0 Å². The fourth-order valence-electron chi connectivity index (χ4n) is 0.577. The van der Waals surface area contributed by atoms with Gasteiger partial charge in [0.25, 0.3) is 0 Å². The van der Waals surface area contributed by atoms with E-state index in [0.717, 1.165) is 0 Å². The zero-order valence-corrected chi connectivity index (χ0v) is 6.29. The largest absolute Gasteiger partial charge is 0.394 e. The lowest BCUT2D eigenvalue weighted by Crippen LogP contribution is -2.43. The maximum absolute atomic E-state index is 10.7. The number of carbonyl (C=O) groups excluding carboxylic acids is 1. The monoisotopic (exact) mass is 186 g/mol. The summed E-state index contributed by atoms with van der Waals surface area (Å²) in [5.41, 5.74) is 0. The summed E-state index contributed by atoms with van der Waals surface area (Å²) in [4.78, 5) is 10.7. The van der Waals surface area contributed by atoms with Gasteiger partial charge in [-0.25, -0.2) is 0 Å². The third-order valence-corrected chi connectivity index (χ3v) is 1.34. The van der Waals surface area contributed by atoms with Crippen LogP contribution in [0.5, 0.6) is 0 Å². The lowest BCUT2D eigenvalue weighted by molar-refractivity contribution is -0.144. The number of rotatable bonds is 5. The highest BCUT2D eigenvalue weighted by molar-refractivity contribution is 5.87. The summed E-state index contributed by atoms with van der Waals surface area (Å²) in [6.45, 7) is -1.61. The third-order valence-electron chi connectivity index (χ3n) is 1.34. The van der Waals surface area contributed by atoms with Crippen LogP contribution >= 0.6 is 0 Å². The molecule has 0 amide bonds. The molecule has 0 aromatic heterocycles. The minimum absolute atomic E-state index is 0.787. The molecule has 6 heteroatoms. The summed E-state index contributed by atoms with van der Waals surface area (Å²) in [6.07, 6.45) is -5.21. The number of aliphatic hydroxyl groups excluding tert-OH is 5. The van der Waals surface area contributed by atoms with Crippen molar-refractivity contribution >= 4 is 5.78 Å². The van der Waals surface area contributed by atoms with Crippen LogP contribution in [-0.4, -0.2) is 62.8 Å². The van der Waals surface area contributed by atoms with Crippen LogP contribution in [0.4, 0.5) is 0 Å². The third kappa shape index (κ3) is 2.84. The average molecular weight is 186 g/mol. The quantitative estimate of drug-likeness (QED) is 0.286. The second kappa shape index (κ2) is 5.18. The van der Waals surface area contributed by atoms with Crippen molar-refractivity contribution in [3.05, 3.63) is 0 Å². The molecule has 5 N–H and O–H groups in total. The van der Waals surface area contributed by atoms with E-state index in [1.54, 1.807) is 0 Å². The second-order valence-corrected chi connectivity index (χ2v) is 2.30. The smallest absolute Gasteiger partial charge is 0.194 e.